The van der Waals surface area contributed by atoms with Crippen LogP contribution in [0.2, 0.25) is 20.1 Å². The van der Waals surface area contributed by atoms with E-state index in [-0.39, 0.29) is 35.6 Å². The van der Waals surface area contributed by atoms with Gasteiger partial charge in [0.25, 0.3) is 0 Å². The summed E-state index contributed by atoms with van der Waals surface area (Å²) < 4.78 is 8.62. The van der Waals surface area contributed by atoms with Gasteiger partial charge in [0, 0.05) is 58.4 Å². The molecule has 6 atom stereocenters. The third-order valence-corrected chi connectivity index (χ3v) is 16.9. The monoisotopic (exact) mass is 1090 g/mol. The molecule has 6 aromatic rings. The van der Waals surface area contributed by atoms with E-state index < -0.39 is 11.9 Å². The lowest BCUT2D eigenvalue weighted by molar-refractivity contribution is 0.0519. The Balaban J connectivity index is 0.000000182. The Bertz CT molecular complexity index is 2940. The lowest BCUT2D eigenvalue weighted by Crippen LogP contribution is -2.52. The van der Waals surface area contributed by atoms with Gasteiger partial charge in [-0.2, -0.15) is 10.2 Å². The molecule has 0 saturated carbocycles. The number of benzene rings is 2. The molecule has 1 N–H and O–H groups in total. The first kappa shape index (κ1) is 54.0. The molecule has 4 aliphatic heterocycles. The van der Waals surface area contributed by atoms with Crippen molar-refractivity contribution in [1.29, 1.82) is 0 Å². The number of likely N-dealkylation sites (tertiary alicyclic amines) is 2. The minimum atomic E-state index is -1.14. The molecule has 0 radical (unpaired) electrons. The Labute approximate surface area is 453 Å². The van der Waals surface area contributed by atoms with Crippen LogP contribution in [-0.4, -0.2) is 137 Å². The second kappa shape index (κ2) is 24.0. The number of carboxylic acids is 1. The highest BCUT2D eigenvalue weighted by atomic mass is 35.5. The van der Waals surface area contributed by atoms with Gasteiger partial charge in [-0.05, 0) is 133 Å². The van der Waals surface area contributed by atoms with E-state index in [1.165, 1.54) is 64.7 Å². The maximum Gasteiger partial charge on any atom is 0.361 e. The molecule has 74 heavy (non-hydrogen) atoms. The number of fused-ring (bicyclic) bond motifs is 2. The first-order valence-electron chi connectivity index (χ1n) is 26.6. The summed E-state index contributed by atoms with van der Waals surface area (Å²) in [5, 5.41) is 20.9. The van der Waals surface area contributed by atoms with Crippen molar-refractivity contribution in [3.63, 3.8) is 0 Å². The molecule has 20 heteroatoms. The van der Waals surface area contributed by atoms with Gasteiger partial charge in [0.2, 0.25) is 0 Å². The summed E-state index contributed by atoms with van der Waals surface area (Å²) in [6.45, 7) is 19.0. The number of aromatic nitrogens is 8. The van der Waals surface area contributed by atoms with E-state index in [1.807, 2.05) is 26.0 Å². The molecule has 4 fully saturated rings. The van der Waals surface area contributed by atoms with E-state index >= 15 is 0 Å². The van der Waals surface area contributed by atoms with Crippen molar-refractivity contribution in [2.24, 2.45) is 11.8 Å². The van der Waals surface area contributed by atoms with Crippen LogP contribution >= 0.6 is 46.4 Å². The van der Waals surface area contributed by atoms with Crippen LogP contribution in [-0.2, 0) is 4.74 Å². The van der Waals surface area contributed by atoms with Crippen LogP contribution < -0.4 is 9.80 Å². The Kier molecular flexibility index (Phi) is 17.5. The standard InChI is InChI=1S/C28H36Cl2N6O2.C26H32Cl2N6O2/c1-4-19-17-35(14-11-23(19)34-12-7-6-8-13-34)24-16-31-25-26(28(37)38-5-2)33-36(27(25)32-24)18(3)21-10-9-20(29)15-22(21)30;1-3-17-15-33(12-9-21(17)32-10-5-4-6-11-32)22-14-29-23-24(26(35)36)31-34(25(23)30-22)16(2)19-8-7-18(27)13-20(19)28/h9-10,15-16,18-19,23H,4-8,11-14,17H2,1-3H3;7-8,13-14,16-17,21H,3-6,9-12,15H2,1-2H3,(H,35,36). The zero-order chi connectivity index (χ0) is 52.2. The number of aromatic carboxylic acids is 1. The second-order valence-corrected chi connectivity index (χ2v) is 21.9. The summed E-state index contributed by atoms with van der Waals surface area (Å²) in [5.41, 5.74) is 3.34. The van der Waals surface area contributed by atoms with Crippen molar-refractivity contribution in [2.45, 2.75) is 123 Å². The Hall–Kier alpha value is -4.84. The van der Waals surface area contributed by atoms with Gasteiger partial charge in [0.1, 0.15) is 22.7 Å². The van der Waals surface area contributed by atoms with E-state index in [4.69, 9.17) is 66.1 Å². The number of hydrogen-bond donors (Lipinski definition) is 1. The van der Waals surface area contributed by atoms with Crippen molar-refractivity contribution < 1.29 is 19.4 Å². The zero-order valence-corrected chi connectivity index (χ0v) is 46.1. The van der Waals surface area contributed by atoms with Gasteiger partial charge in [0.15, 0.2) is 22.7 Å². The molecule has 0 bridgehead atoms. The molecule has 396 valence electrons. The third-order valence-electron chi connectivity index (χ3n) is 15.8. The number of halogens is 4. The van der Waals surface area contributed by atoms with Gasteiger partial charge < -0.3 is 19.6 Å². The van der Waals surface area contributed by atoms with Crippen molar-refractivity contribution in [1.82, 2.24) is 49.3 Å². The minimum Gasteiger partial charge on any atom is -0.476 e. The van der Waals surface area contributed by atoms with Crippen LogP contribution in [0, 0.1) is 11.8 Å². The van der Waals surface area contributed by atoms with Crippen LogP contribution in [0.15, 0.2) is 48.8 Å². The van der Waals surface area contributed by atoms with Gasteiger partial charge in [-0.3, -0.25) is 9.80 Å². The smallest absolute Gasteiger partial charge is 0.361 e. The number of rotatable bonds is 13. The summed E-state index contributed by atoms with van der Waals surface area (Å²) in [6, 6.07) is 11.2. The highest BCUT2D eigenvalue weighted by Gasteiger charge is 2.36. The molecular weight excluding hydrogens is 1020 g/mol. The Morgan fingerprint density at radius 2 is 1.07 bits per heavy atom. The largest absolute Gasteiger partial charge is 0.476 e. The SMILES string of the molecule is CCC1CN(c2cnc3c(C(=O)O)nn(C(C)c4ccc(Cl)cc4Cl)c3n2)CCC1N1CCCCC1.CCOC(=O)c1nn(C(C)c2ccc(Cl)cc2Cl)c2nc(N3CCC(N4CCCCC4)C(CC)C3)cnc12. The molecule has 16 nitrogen and oxygen atoms in total. The van der Waals surface area contributed by atoms with Crippen LogP contribution in [0.3, 0.4) is 0 Å². The fraction of sp³-hybridized carbons (Fsp3) is 0.556. The van der Waals surface area contributed by atoms with E-state index in [0.29, 0.717) is 60.8 Å². The van der Waals surface area contributed by atoms with Crippen molar-refractivity contribution in [3.05, 3.63) is 91.4 Å². The molecule has 10 rings (SSSR count). The van der Waals surface area contributed by atoms with Crippen molar-refractivity contribution in [2.75, 3.05) is 68.8 Å². The number of carbonyl (C=O) groups excluding carboxylic acids is 1. The first-order chi connectivity index (χ1) is 35.8. The van der Waals surface area contributed by atoms with Gasteiger partial charge in [-0.15, -0.1) is 0 Å². The van der Waals surface area contributed by atoms with Crippen molar-refractivity contribution >= 4 is 92.3 Å². The Morgan fingerprint density at radius 1 is 0.635 bits per heavy atom. The lowest BCUT2D eigenvalue weighted by atomic mass is 9.87. The van der Waals surface area contributed by atoms with E-state index in [0.717, 1.165) is 74.6 Å². The van der Waals surface area contributed by atoms with E-state index in [2.05, 4.69) is 48.6 Å². The maximum atomic E-state index is 12.8. The fourth-order valence-corrected chi connectivity index (χ4v) is 12.9. The predicted octanol–water partition coefficient (Wildman–Crippen LogP) is 11.5. The molecule has 4 aliphatic rings. The molecule has 0 spiro atoms. The quantitative estimate of drug-likeness (QED) is 0.109. The normalized spacial score (nSPS) is 21.9. The van der Waals surface area contributed by atoms with Crippen LogP contribution in [0.5, 0.6) is 0 Å². The van der Waals surface area contributed by atoms with Crippen LogP contribution in [0.1, 0.15) is 143 Å². The highest BCUT2D eigenvalue weighted by Crippen LogP contribution is 2.36. The van der Waals surface area contributed by atoms with Crippen molar-refractivity contribution in [3.8, 4) is 0 Å². The first-order valence-corrected chi connectivity index (χ1v) is 28.1. The van der Waals surface area contributed by atoms with E-state index in [9.17, 15) is 14.7 Å². The summed E-state index contributed by atoms with van der Waals surface area (Å²) in [5.74, 6) is 1.04. The topological polar surface area (TPSA) is 164 Å². The fourth-order valence-electron chi connectivity index (χ4n) is 11.8. The number of ether oxygens (including phenoxy) is 1. The molecule has 6 unspecified atom stereocenters. The van der Waals surface area contributed by atoms with Crippen LogP contribution in [0.25, 0.3) is 22.3 Å². The molecule has 4 saturated heterocycles. The van der Waals surface area contributed by atoms with Gasteiger partial charge in [-0.25, -0.2) is 38.9 Å². The molecular formula is C54H68Cl4N12O4. The summed E-state index contributed by atoms with van der Waals surface area (Å²) >= 11 is 25.2. The van der Waals surface area contributed by atoms with Gasteiger partial charge in [-0.1, -0.05) is 98.1 Å². The number of nitrogens with zero attached hydrogens (tertiary/aromatic N) is 12. The minimum absolute atomic E-state index is 0.115. The molecule has 4 aromatic heterocycles. The van der Waals surface area contributed by atoms with Gasteiger partial charge >= 0.3 is 11.9 Å². The lowest BCUT2D eigenvalue weighted by Gasteiger charge is -2.45. The predicted molar refractivity (Wildman–Crippen MR) is 294 cm³/mol. The zero-order valence-electron chi connectivity index (χ0n) is 43.1. The molecule has 8 heterocycles. The number of anilines is 2. The average molecular weight is 1090 g/mol. The molecule has 2 aromatic carbocycles. The number of piperidine rings is 4. The second-order valence-electron chi connectivity index (χ2n) is 20.2. The number of carboxylic acid groups (broad SMARTS) is 1. The molecule has 0 aliphatic carbocycles. The number of hydrogen-bond acceptors (Lipinski definition) is 13. The molecule has 0 amide bonds. The summed E-state index contributed by atoms with van der Waals surface area (Å²) in [6.07, 6.45) is 15.8. The summed E-state index contributed by atoms with van der Waals surface area (Å²) in [7, 11) is 0. The van der Waals surface area contributed by atoms with Gasteiger partial charge in [0.05, 0.1) is 31.1 Å². The van der Waals surface area contributed by atoms with E-state index in [1.54, 1.807) is 52.9 Å². The third kappa shape index (κ3) is 11.5. The Morgan fingerprint density at radius 3 is 1.47 bits per heavy atom. The number of esters is 1. The summed E-state index contributed by atoms with van der Waals surface area (Å²) in [4.78, 5) is 53.9. The highest BCUT2D eigenvalue weighted by molar-refractivity contribution is 6.35. The number of carbonyl (C=O) groups is 2. The maximum absolute atomic E-state index is 12.8. The van der Waals surface area contributed by atoms with Crippen LogP contribution in [0.4, 0.5) is 11.6 Å². The average Bonchev–Trinajstić information content (AvgIpc) is 4.01.